The number of aromatic nitrogens is 1. The van der Waals surface area contributed by atoms with Gasteiger partial charge in [-0.1, -0.05) is 23.5 Å². The van der Waals surface area contributed by atoms with E-state index >= 15 is 0 Å². The number of H-pyrrole nitrogens is 1. The highest BCUT2D eigenvalue weighted by Gasteiger charge is 2.11. The van der Waals surface area contributed by atoms with E-state index in [0.717, 1.165) is 16.9 Å². The third-order valence-electron chi connectivity index (χ3n) is 2.27. The van der Waals surface area contributed by atoms with E-state index in [1.807, 2.05) is 0 Å². The molecule has 0 atom stereocenters. The van der Waals surface area contributed by atoms with Gasteiger partial charge in [0.2, 0.25) is 5.88 Å². The Hall–Kier alpha value is -1.31. The van der Waals surface area contributed by atoms with Gasteiger partial charge in [0.25, 0.3) is 9.05 Å². The molecule has 1 heterocycles. The second-order valence-corrected chi connectivity index (χ2v) is 7.18. The summed E-state index contributed by atoms with van der Waals surface area (Å²) in [5, 5.41) is 9.41. The molecule has 0 bridgehead atoms. The van der Waals surface area contributed by atoms with E-state index in [2.05, 4.69) is 4.98 Å². The van der Waals surface area contributed by atoms with Gasteiger partial charge in [-0.3, -0.25) is 9.78 Å². The smallest absolute Gasteiger partial charge is 0.307 e. The van der Waals surface area contributed by atoms with Crippen molar-refractivity contribution in [3.63, 3.8) is 0 Å². The van der Waals surface area contributed by atoms with Crippen molar-refractivity contribution < 1.29 is 13.5 Å². The van der Waals surface area contributed by atoms with Crippen molar-refractivity contribution in [3.05, 3.63) is 44.4 Å². The molecule has 0 aliphatic rings. The zero-order valence-corrected chi connectivity index (χ0v) is 11.3. The number of benzene rings is 1. The predicted molar refractivity (Wildman–Crippen MR) is 68.9 cm³/mol. The molecule has 0 amide bonds. The minimum Gasteiger partial charge on any atom is -0.494 e. The SMILES string of the molecule is O=c1[nH]c(O)c(Cc2ccc(S(=O)(=O)Cl)cc2)s1. The summed E-state index contributed by atoms with van der Waals surface area (Å²) in [5.41, 5.74) is 0.768. The second kappa shape index (κ2) is 4.75. The average molecular weight is 306 g/mol. The maximum Gasteiger partial charge on any atom is 0.307 e. The van der Waals surface area contributed by atoms with Gasteiger partial charge in [0.05, 0.1) is 9.77 Å². The number of thiazole rings is 1. The summed E-state index contributed by atoms with van der Waals surface area (Å²) in [6, 6.07) is 5.92. The lowest BCUT2D eigenvalue weighted by Crippen LogP contribution is -1.92. The van der Waals surface area contributed by atoms with Crippen molar-refractivity contribution in [1.29, 1.82) is 0 Å². The molecule has 2 rings (SSSR count). The number of hydrogen-bond donors (Lipinski definition) is 2. The van der Waals surface area contributed by atoms with Crippen LogP contribution in [0.1, 0.15) is 10.4 Å². The van der Waals surface area contributed by atoms with Crippen LogP contribution in [0.25, 0.3) is 0 Å². The van der Waals surface area contributed by atoms with E-state index in [1.54, 1.807) is 12.1 Å². The molecule has 2 N–H and O–H groups in total. The third kappa shape index (κ3) is 2.92. The lowest BCUT2D eigenvalue weighted by Gasteiger charge is -2.00. The Morgan fingerprint density at radius 2 is 1.89 bits per heavy atom. The second-order valence-electron chi connectivity index (χ2n) is 3.54. The van der Waals surface area contributed by atoms with Crippen molar-refractivity contribution in [2.45, 2.75) is 11.3 Å². The lowest BCUT2D eigenvalue weighted by atomic mass is 10.1. The average Bonchev–Trinajstić information content (AvgIpc) is 2.57. The topological polar surface area (TPSA) is 87.2 Å². The Morgan fingerprint density at radius 1 is 1.28 bits per heavy atom. The van der Waals surface area contributed by atoms with Gasteiger partial charge < -0.3 is 5.11 Å². The number of halogens is 1. The van der Waals surface area contributed by atoms with Crippen LogP contribution in [-0.2, 0) is 15.5 Å². The number of rotatable bonds is 3. The maximum absolute atomic E-state index is 11.0. The van der Waals surface area contributed by atoms with E-state index in [9.17, 15) is 18.3 Å². The quantitative estimate of drug-likeness (QED) is 0.844. The molecular formula is C10H8ClNO4S2. The molecule has 1 aromatic heterocycles. The fourth-order valence-corrected chi connectivity index (χ4v) is 2.96. The van der Waals surface area contributed by atoms with Crippen molar-refractivity contribution >= 4 is 31.1 Å². The predicted octanol–water partition coefficient (Wildman–Crippen LogP) is 1.66. The van der Waals surface area contributed by atoms with Crippen LogP contribution in [0.3, 0.4) is 0 Å². The van der Waals surface area contributed by atoms with Crippen LogP contribution in [0, 0.1) is 0 Å². The van der Waals surface area contributed by atoms with Crippen LogP contribution in [-0.4, -0.2) is 18.5 Å². The first-order valence-corrected chi connectivity index (χ1v) is 7.93. The molecular weight excluding hydrogens is 298 g/mol. The summed E-state index contributed by atoms with van der Waals surface area (Å²) in [5.74, 6) is -0.154. The van der Waals surface area contributed by atoms with Crippen LogP contribution in [0.5, 0.6) is 5.88 Å². The van der Waals surface area contributed by atoms with Crippen molar-refractivity contribution in [3.8, 4) is 5.88 Å². The Balaban J connectivity index is 2.26. The summed E-state index contributed by atoms with van der Waals surface area (Å²) in [4.78, 5) is 13.4. The Labute approximate surface area is 111 Å². The highest BCUT2D eigenvalue weighted by molar-refractivity contribution is 8.13. The molecule has 0 saturated heterocycles. The highest BCUT2D eigenvalue weighted by Crippen LogP contribution is 2.22. The van der Waals surface area contributed by atoms with Gasteiger partial charge in [-0.05, 0) is 17.7 Å². The summed E-state index contributed by atoms with van der Waals surface area (Å²) in [7, 11) is 1.46. The van der Waals surface area contributed by atoms with Crippen LogP contribution in [0.4, 0.5) is 0 Å². The van der Waals surface area contributed by atoms with E-state index in [4.69, 9.17) is 10.7 Å². The molecule has 0 spiro atoms. The molecule has 18 heavy (non-hydrogen) atoms. The molecule has 0 saturated carbocycles. The molecule has 5 nitrogen and oxygen atoms in total. The molecule has 0 radical (unpaired) electrons. The minimum absolute atomic E-state index is 0.0133. The Morgan fingerprint density at radius 3 is 2.33 bits per heavy atom. The fraction of sp³-hybridized carbons (Fsp3) is 0.100. The first kappa shape index (κ1) is 13.1. The molecule has 0 aliphatic carbocycles. The van der Waals surface area contributed by atoms with Gasteiger partial charge in [-0.2, -0.15) is 0 Å². The number of nitrogens with one attached hydrogen (secondary N) is 1. The maximum atomic E-state index is 11.0. The number of hydrogen-bond acceptors (Lipinski definition) is 5. The number of aromatic amines is 1. The van der Waals surface area contributed by atoms with Gasteiger partial charge in [0.15, 0.2) is 0 Å². The van der Waals surface area contributed by atoms with E-state index in [0.29, 0.717) is 11.3 Å². The van der Waals surface area contributed by atoms with E-state index in [1.165, 1.54) is 12.1 Å². The number of aromatic hydroxyl groups is 1. The standard InChI is InChI=1S/C10H8ClNO4S2/c11-18(15,16)7-3-1-6(2-4-7)5-8-9(13)12-10(14)17-8/h1-4,13H,5H2,(H,12,14). The summed E-state index contributed by atoms with van der Waals surface area (Å²) in [6.45, 7) is 0. The van der Waals surface area contributed by atoms with Crippen molar-refractivity contribution in [1.82, 2.24) is 4.98 Å². The van der Waals surface area contributed by atoms with Gasteiger partial charge in [0.1, 0.15) is 0 Å². The molecule has 8 heteroatoms. The van der Waals surface area contributed by atoms with Gasteiger partial charge in [-0.25, -0.2) is 8.42 Å². The summed E-state index contributed by atoms with van der Waals surface area (Å²) in [6.07, 6.45) is 0.345. The van der Waals surface area contributed by atoms with Crippen LogP contribution >= 0.6 is 22.0 Å². The first-order valence-electron chi connectivity index (χ1n) is 4.81. The van der Waals surface area contributed by atoms with Gasteiger partial charge in [0, 0.05) is 17.1 Å². The van der Waals surface area contributed by atoms with E-state index in [-0.39, 0.29) is 15.6 Å². The minimum atomic E-state index is -3.73. The fourth-order valence-electron chi connectivity index (χ4n) is 1.43. The monoisotopic (exact) mass is 305 g/mol. The Kier molecular flexibility index (Phi) is 3.47. The molecule has 1 aromatic carbocycles. The molecule has 0 aliphatic heterocycles. The van der Waals surface area contributed by atoms with Crippen LogP contribution in [0.15, 0.2) is 34.0 Å². The zero-order valence-electron chi connectivity index (χ0n) is 8.88. The van der Waals surface area contributed by atoms with Crippen molar-refractivity contribution in [2.75, 3.05) is 0 Å². The Bertz CT molecular complexity index is 715. The zero-order chi connectivity index (χ0) is 13.3. The van der Waals surface area contributed by atoms with Crippen molar-refractivity contribution in [2.24, 2.45) is 0 Å². The van der Waals surface area contributed by atoms with Gasteiger partial charge in [-0.15, -0.1) is 0 Å². The third-order valence-corrected chi connectivity index (χ3v) is 4.51. The summed E-state index contributed by atoms with van der Waals surface area (Å²) >= 11 is 0.914. The first-order chi connectivity index (χ1) is 8.36. The molecule has 0 unspecified atom stereocenters. The highest BCUT2D eigenvalue weighted by atomic mass is 35.7. The molecule has 0 fully saturated rings. The lowest BCUT2D eigenvalue weighted by molar-refractivity contribution is 0.451. The molecule has 96 valence electrons. The largest absolute Gasteiger partial charge is 0.494 e. The van der Waals surface area contributed by atoms with Crippen LogP contribution in [0.2, 0.25) is 0 Å². The normalized spacial score (nSPS) is 11.6. The van der Waals surface area contributed by atoms with E-state index < -0.39 is 9.05 Å². The molecule has 2 aromatic rings. The van der Waals surface area contributed by atoms with Crippen LogP contribution < -0.4 is 4.87 Å². The summed E-state index contributed by atoms with van der Waals surface area (Å²) < 4.78 is 22.1. The van der Waals surface area contributed by atoms with Gasteiger partial charge >= 0.3 is 4.87 Å².